The number of imidazole rings is 1. The molecular weight excluding hydrogens is 262 g/mol. The van der Waals surface area contributed by atoms with Crippen LogP contribution in [0.5, 0.6) is 0 Å². The van der Waals surface area contributed by atoms with Crippen molar-refractivity contribution in [1.29, 1.82) is 0 Å². The Morgan fingerprint density at radius 3 is 2.95 bits per heavy atom. The molecule has 0 aliphatic carbocycles. The molecule has 0 saturated heterocycles. The number of carbonyl (C=O) groups is 1. The molecule has 0 spiro atoms. The highest BCUT2D eigenvalue weighted by atomic mass is 32.1. The summed E-state index contributed by atoms with van der Waals surface area (Å²) < 4.78 is 1.97. The van der Waals surface area contributed by atoms with Crippen molar-refractivity contribution in [3.63, 3.8) is 0 Å². The second-order valence-electron chi connectivity index (χ2n) is 4.19. The Morgan fingerprint density at radius 1 is 1.42 bits per heavy atom. The number of hydrogen-bond donors (Lipinski definition) is 1. The molecule has 0 fully saturated rings. The SMILES string of the molecule is Cc1nc(Cn2cnc3ccccc32)sc1C(=O)O. The van der Waals surface area contributed by atoms with Gasteiger partial charge < -0.3 is 9.67 Å². The monoisotopic (exact) mass is 273 g/mol. The summed E-state index contributed by atoms with van der Waals surface area (Å²) in [5.41, 5.74) is 2.51. The zero-order chi connectivity index (χ0) is 13.4. The van der Waals surface area contributed by atoms with Crippen LogP contribution in [-0.4, -0.2) is 25.6 Å². The van der Waals surface area contributed by atoms with Crippen LogP contribution in [0.25, 0.3) is 11.0 Å². The van der Waals surface area contributed by atoms with E-state index in [4.69, 9.17) is 5.11 Å². The Bertz CT molecular complexity index is 760. The van der Waals surface area contributed by atoms with Gasteiger partial charge in [0.1, 0.15) is 9.88 Å². The lowest BCUT2D eigenvalue weighted by molar-refractivity contribution is 0.0701. The third kappa shape index (κ3) is 2.10. The van der Waals surface area contributed by atoms with Gasteiger partial charge in [-0.15, -0.1) is 11.3 Å². The van der Waals surface area contributed by atoms with Crippen LogP contribution in [0, 0.1) is 6.92 Å². The van der Waals surface area contributed by atoms with E-state index >= 15 is 0 Å². The van der Waals surface area contributed by atoms with E-state index < -0.39 is 5.97 Å². The van der Waals surface area contributed by atoms with Crippen molar-refractivity contribution in [2.24, 2.45) is 0 Å². The molecule has 3 rings (SSSR count). The van der Waals surface area contributed by atoms with Gasteiger partial charge in [0.2, 0.25) is 0 Å². The van der Waals surface area contributed by atoms with Crippen LogP contribution in [0.15, 0.2) is 30.6 Å². The number of aromatic carboxylic acids is 1. The zero-order valence-corrected chi connectivity index (χ0v) is 11.0. The summed E-state index contributed by atoms with van der Waals surface area (Å²) in [5, 5.41) is 9.80. The Labute approximate surface area is 113 Å². The molecule has 0 saturated carbocycles. The van der Waals surface area contributed by atoms with Gasteiger partial charge in [0, 0.05) is 0 Å². The second kappa shape index (κ2) is 4.47. The number of hydrogen-bond acceptors (Lipinski definition) is 4. The van der Waals surface area contributed by atoms with Crippen molar-refractivity contribution in [3.05, 3.63) is 46.2 Å². The maximum absolute atomic E-state index is 11.0. The summed E-state index contributed by atoms with van der Waals surface area (Å²) in [7, 11) is 0. The predicted octanol–water partition coefficient (Wildman–Crippen LogP) is 2.55. The Balaban J connectivity index is 1.97. The van der Waals surface area contributed by atoms with Gasteiger partial charge in [-0.05, 0) is 19.1 Å². The molecule has 2 aromatic heterocycles. The van der Waals surface area contributed by atoms with E-state index in [-0.39, 0.29) is 0 Å². The van der Waals surface area contributed by atoms with Gasteiger partial charge in [0.15, 0.2) is 0 Å². The number of benzene rings is 1. The largest absolute Gasteiger partial charge is 0.477 e. The minimum Gasteiger partial charge on any atom is -0.477 e. The van der Waals surface area contributed by atoms with Crippen molar-refractivity contribution in [3.8, 4) is 0 Å². The lowest BCUT2D eigenvalue weighted by Gasteiger charge is -2.00. The molecule has 0 aliphatic rings. The third-order valence-electron chi connectivity index (χ3n) is 2.87. The number of para-hydroxylation sites is 2. The highest BCUT2D eigenvalue weighted by Gasteiger charge is 2.14. The smallest absolute Gasteiger partial charge is 0.347 e. The van der Waals surface area contributed by atoms with Gasteiger partial charge in [-0.2, -0.15) is 0 Å². The molecule has 0 bridgehead atoms. The minimum atomic E-state index is -0.920. The molecule has 5 nitrogen and oxygen atoms in total. The van der Waals surface area contributed by atoms with Crippen LogP contribution in [0.4, 0.5) is 0 Å². The van der Waals surface area contributed by atoms with Gasteiger partial charge in [0.25, 0.3) is 0 Å². The number of fused-ring (bicyclic) bond motifs is 1. The number of carboxylic acid groups (broad SMARTS) is 1. The zero-order valence-electron chi connectivity index (χ0n) is 10.2. The first-order chi connectivity index (χ1) is 9.15. The van der Waals surface area contributed by atoms with Gasteiger partial charge >= 0.3 is 5.97 Å². The van der Waals surface area contributed by atoms with E-state index in [1.54, 1.807) is 13.3 Å². The first kappa shape index (κ1) is 11.9. The molecule has 2 heterocycles. The highest BCUT2D eigenvalue weighted by molar-refractivity contribution is 7.13. The normalized spacial score (nSPS) is 11.0. The molecule has 19 heavy (non-hydrogen) atoms. The van der Waals surface area contributed by atoms with Crippen LogP contribution in [0.2, 0.25) is 0 Å². The van der Waals surface area contributed by atoms with Crippen LogP contribution in [0.3, 0.4) is 0 Å². The Morgan fingerprint density at radius 2 is 2.21 bits per heavy atom. The lowest BCUT2D eigenvalue weighted by atomic mass is 10.3. The van der Waals surface area contributed by atoms with E-state index in [9.17, 15) is 4.79 Å². The first-order valence-corrected chi connectivity index (χ1v) is 6.56. The molecule has 1 N–H and O–H groups in total. The second-order valence-corrected chi connectivity index (χ2v) is 5.27. The average molecular weight is 273 g/mol. The predicted molar refractivity (Wildman–Crippen MR) is 72.6 cm³/mol. The number of rotatable bonds is 3. The fourth-order valence-corrected chi connectivity index (χ4v) is 2.90. The third-order valence-corrected chi connectivity index (χ3v) is 4.00. The summed E-state index contributed by atoms with van der Waals surface area (Å²) in [5.74, 6) is -0.920. The number of nitrogens with zero attached hydrogens (tertiary/aromatic N) is 3. The first-order valence-electron chi connectivity index (χ1n) is 5.74. The van der Waals surface area contributed by atoms with Crippen LogP contribution >= 0.6 is 11.3 Å². The molecular formula is C13H11N3O2S. The molecule has 1 aromatic carbocycles. The minimum absolute atomic E-state index is 0.305. The Kier molecular flexibility index (Phi) is 2.79. The van der Waals surface area contributed by atoms with Gasteiger partial charge in [-0.1, -0.05) is 12.1 Å². The fourth-order valence-electron chi connectivity index (χ4n) is 2.00. The number of carboxylic acids is 1. The van der Waals surface area contributed by atoms with Gasteiger partial charge in [-0.3, -0.25) is 0 Å². The summed E-state index contributed by atoms with van der Waals surface area (Å²) in [6.07, 6.45) is 1.75. The number of aromatic nitrogens is 3. The van der Waals surface area contributed by atoms with Crippen molar-refractivity contribution >= 4 is 28.3 Å². The molecule has 96 valence electrons. The summed E-state index contributed by atoms with van der Waals surface area (Å²) >= 11 is 1.22. The van der Waals surface area contributed by atoms with Crippen molar-refractivity contribution < 1.29 is 9.90 Å². The van der Waals surface area contributed by atoms with Crippen molar-refractivity contribution in [2.45, 2.75) is 13.5 Å². The van der Waals surface area contributed by atoms with E-state index in [1.807, 2.05) is 28.8 Å². The quantitative estimate of drug-likeness (QED) is 0.796. The average Bonchev–Trinajstić information content (AvgIpc) is 2.95. The van der Waals surface area contributed by atoms with Gasteiger partial charge in [-0.25, -0.2) is 14.8 Å². The molecule has 0 atom stereocenters. The standard InChI is InChI=1S/C13H11N3O2S/c1-8-12(13(17)18)19-11(15-8)6-16-7-14-9-4-2-3-5-10(9)16/h2-5,7H,6H2,1H3,(H,17,18). The molecule has 0 aliphatic heterocycles. The number of thiazole rings is 1. The van der Waals surface area contributed by atoms with Crippen LogP contribution < -0.4 is 0 Å². The molecule has 0 radical (unpaired) electrons. The van der Waals surface area contributed by atoms with E-state index in [0.717, 1.165) is 16.0 Å². The van der Waals surface area contributed by atoms with Crippen LogP contribution in [0.1, 0.15) is 20.4 Å². The maximum atomic E-state index is 11.0. The Hall–Kier alpha value is -2.21. The maximum Gasteiger partial charge on any atom is 0.347 e. The molecule has 0 amide bonds. The highest BCUT2D eigenvalue weighted by Crippen LogP contribution is 2.20. The van der Waals surface area contributed by atoms with E-state index in [2.05, 4.69) is 9.97 Å². The summed E-state index contributed by atoms with van der Waals surface area (Å²) in [6, 6.07) is 7.83. The van der Waals surface area contributed by atoms with E-state index in [0.29, 0.717) is 17.1 Å². The van der Waals surface area contributed by atoms with Crippen LogP contribution in [-0.2, 0) is 6.54 Å². The molecule has 3 aromatic rings. The van der Waals surface area contributed by atoms with Gasteiger partial charge in [0.05, 0.1) is 29.6 Å². The van der Waals surface area contributed by atoms with Crippen molar-refractivity contribution in [1.82, 2.24) is 14.5 Å². The van der Waals surface area contributed by atoms with Crippen molar-refractivity contribution in [2.75, 3.05) is 0 Å². The summed E-state index contributed by atoms with van der Waals surface area (Å²) in [4.78, 5) is 19.9. The fraction of sp³-hybridized carbons (Fsp3) is 0.154. The number of aryl methyl sites for hydroxylation is 1. The molecule has 6 heteroatoms. The topological polar surface area (TPSA) is 68.0 Å². The van der Waals surface area contributed by atoms with E-state index in [1.165, 1.54) is 11.3 Å². The molecule has 0 unspecified atom stereocenters. The summed E-state index contributed by atoms with van der Waals surface area (Å²) in [6.45, 7) is 2.26. The lowest BCUT2D eigenvalue weighted by Crippen LogP contribution is -1.97.